The second kappa shape index (κ2) is 8.24. The maximum atomic E-state index is 13.5. The summed E-state index contributed by atoms with van der Waals surface area (Å²) in [6.07, 6.45) is 0. The molecule has 0 bridgehead atoms. The summed E-state index contributed by atoms with van der Waals surface area (Å²) in [5.41, 5.74) is 2.77. The number of amides is 1. The summed E-state index contributed by atoms with van der Waals surface area (Å²) in [5.74, 6) is -0.767. The van der Waals surface area contributed by atoms with E-state index in [0.29, 0.717) is 11.3 Å². The van der Waals surface area contributed by atoms with Crippen LogP contribution in [0.4, 0.5) is 4.39 Å². The number of hydrogen-bond donors (Lipinski definition) is 0. The molecule has 1 fully saturated rings. The molecule has 9 heteroatoms. The zero-order valence-electron chi connectivity index (χ0n) is 17.3. The van der Waals surface area contributed by atoms with E-state index >= 15 is 0 Å². The number of aryl methyl sites for hydroxylation is 1. The van der Waals surface area contributed by atoms with Gasteiger partial charge in [0.25, 0.3) is 5.91 Å². The van der Waals surface area contributed by atoms with Gasteiger partial charge >= 0.3 is 0 Å². The molecule has 1 aliphatic heterocycles. The molecule has 0 N–H and O–H groups in total. The van der Waals surface area contributed by atoms with E-state index < -0.39 is 15.8 Å². The van der Waals surface area contributed by atoms with Gasteiger partial charge in [0, 0.05) is 26.2 Å². The van der Waals surface area contributed by atoms with E-state index in [2.05, 4.69) is 5.10 Å². The van der Waals surface area contributed by atoms with Gasteiger partial charge in [-0.1, -0.05) is 24.3 Å². The van der Waals surface area contributed by atoms with Gasteiger partial charge in [-0.15, -0.1) is 0 Å². The van der Waals surface area contributed by atoms with Crippen molar-refractivity contribution in [2.24, 2.45) is 0 Å². The minimum Gasteiger partial charge on any atom is -0.336 e. The van der Waals surface area contributed by atoms with Crippen molar-refractivity contribution in [3.63, 3.8) is 0 Å². The zero-order valence-corrected chi connectivity index (χ0v) is 18.1. The van der Waals surface area contributed by atoms with Gasteiger partial charge in [0.1, 0.15) is 5.82 Å². The van der Waals surface area contributed by atoms with Gasteiger partial charge in [-0.3, -0.25) is 4.79 Å². The van der Waals surface area contributed by atoms with Crippen LogP contribution in [0.5, 0.6) is 0 Å². The van der Waals surface area contributed by atoms with Crippen LogP contribution < -0.4 is 0 Å². The lowest BCUT2D eigenvalue weighted by molar-refractivity contribution is 0.0696. The van der Waals surface area contributed by atoms with Crippen LogP contribution in [0, 0.1) is 19.7 Å². The van der Waals surface area contributed by atoms with Crippen molar-refractivity contribution in [3.05, 3.63) is 77.4 Å². The van der Waals surface area contributed by atoms with Crippen LogP contribution in [-0.2, 0) is 10.0 Å². The van der Waals surface area contributed by atoms with Crippen molar-refractivity contribution in [2.75, 3.05) is 26.2 Å². The molecule has 0 saturated carbocycles. The van der Waals surface area contributed by atoms with Crippen molar-refractivity contribution in [1.82, 2.24) is 19.0 Å². The number of halogens is 1. The van der Waals surface area contributed by atoms with Crippen LogP contribution in [0.2, 0.25) is 0 Å². The Bertz CT molecular complexity index is 1220. The number of hydrogen-bond acceptors (Lipinski definition) is 4. The third kappa shape index (κ3) is 3.98. The molecule has 3 aromatic rings. The first-order valence-corrected chi connectivity index (χ1v) is 11.4. The zero-order chi connectivity index (χ0) is 22.2. The lowest BCUT2D eigenvalue weighted by Gasteiger charge is -2.34. The summed E-state index contributed by atoms with van der Waals surface area (Å²) in [6.45, 7) is 4.45. The summed E-state index contributed by atoms with van der Waals surface area (Å²) in [5, 5.41) is 4.53. The first-order chi connectivity index (χ1) is 14.8. The molecule has 0 atom stereocenters. The third-order valence-corrected chi connectivity index (χ3v) is 7.36. The number of sulfonamides is 1. The fraction of sp³-hybridized carbons (Fsp3) is 0.273. The number of rotatable bonds is 4. The summed E-state index contributed by atoms with van der Waals surface area (Å²) >= 11 is 0. The molecule has 2 aromatic carbocycles. The number of nitrogens with zero attached hydrogens (tertiary/aromatic N) is 4. The SMILES string of the molecule is Cc1nn(-c2ccccc2)c(C)c1C(=O)N1CCN(S(=O)(=O)c2cccc(F)c2)CC1. The number of piperazine rings is 1. The van der Waals surface area contributed by atoms with E-state index in [1.807, 2.05) is 37.3 Å². The van der Waals surface area contributed by atoms with E-state index in [9.17, 15) is 17.6 Å². The van der Waals surface area contributed by atoms with Gasteiger partial charge in [0.15, 0.2) is 0 Å². The monoisotopic (exact) mass is 442 g/mol. The molecule has 7 nitrogen and oxygen atoms in total. The summed E-state index contributed by atoms with van der Waals surface area (Å²) in [4.78, 5) is 14.8. The van der Waals surface area contributed by atoms with Crippen molar-refractivity contribution in [3.8, 4) is 5.69 Å². The van der Waals surface area contributed by atoms with Crippen molar-refractivity contribution in [1.29, 1.82) is 0 Å². The average molecular weight is 443 g/mol. The van der Waals surface area contributed by atoms with E-state index in [0.717, 1.165) is 17.4 Å². The average Bonchev–Trinajstić information content (AvgIpc) is 3.08. The molecule has 0 radical (unpaired) electrons. The number of carbonyl (C=O) groups excluding carboxylic acids is 1. The number of para-hydroxylation sites is 1. The summed E-state index contributed by atoms with van der Waals surface area (Å²) in [7, 11) is -3.81. The van der Waals surface area contributed by atoms with Crippen LogP contribution in [0.1, 0.15) is 21.7 Å². The van der Waals surface area contributed by atoms with Gasteiger partial charge < -0.3 is 4.90 Å². The molecule has 0 aliphatic carbocycles. The minimum atomic E-state index is -3.81. The van der Waals surface area contributed by atoms with E-state index in [4.69, 9.17) is 0 Å². The molecule has 1 aromatic heterocycles. The maximum Gasteiger partial charge on any atom is 0.257 e. The van der Waals surface area contributed by atoms with E-state index in [-0.39, 0.29) is 37.0 Å². The minimum absolute atomic E-state index is 0.0805. The van der Waals surface area contributed by atoms with E-state index in [1.165, 1.54) is 22.5 Å². The fourth-order valence-electron chi connectivity index (χ4n) is 3.84. The Kier molecular flexibility index (Phi) is 5.63. The number of benzene rings is 2. The van der Waals surface area contributed by atoms with Crippen LogP contribution in [0.3, 0.4) is 0 Å². The molecule has 162 valence electrons. The predicted molar refractivity (Wildman–Crippen MR) is 114 cm³/mol. The van der Waals surface area contributed by atoms with Gasteiger partial charge in [-0.2, -0.15) is 9.40 Å². The molecule has 0 unspecified atom stereocenters. The first-order valence-electron chi connectivity index (χ1n) is 9.95. The highest BCUT2D eigenvalue weighted by molar-refractivity contribution is 7.89. The van der Waals surface area contributed by atoms with Crippen LogP contribution >= 0.6 is 0 Å². The summed E-state index contributed by atoms with van der Waals surface area (Å²) < 4.78 is 42.1. The Morgan fingerprint density at radius 1 is 0.968 bits per heavy atom. The molecule has 1 saturated heterocycles. The van der Waals surface area contributed by atoms with Crippen LogP contribution in [-0.4, -0.2) is 59.5 Å². The smallest absolute Gasteiger partial charge is 0.257 e. The van der Waals surface area contributed by atoms with Gasteiger partial charge in [0.05, 0.1) is 27.5 Å². The second-order valence-corrected chi connectivity index (χ2v) is 9.38. The molecule has 4 rings (SSSR count). The van der Waals surface area contributed by atoms with Gasteiger partial charge in [-0.05, 0) is 44.2 Å². The fourth-order valence-corrected chi connectivity index (χ4v) is 5.29. The van der Waals surface area contributed by atoms with Gasteiger partial charge in [0.2, 0.25) is 10.0 Å². The lowest BCUT2D eigenvalue weighted by Crippen LogP contribution is -2.50. The van der Waals surface area contributed by atoms with E-state index in [1.54, 1.807) is 16.5 Å². The van der Waals surface area contributed by atoms with Crippen molar-refractivity contribution in [2.45, 2.75) is 18.7 Å². The summed E-state index contributed by atoms with van der Waals surface area (Å²) in [6, 6.07) is 14.5. The van der Waals surface area contributed by atoms with Crippen molar-refractivity contribution < 1.29 is 17.6 Å². The highest BCUT2D eigenvalue weighted by atomic mass is 32.2. The third-order valence-electron chi connectivity index (χ3n) is 5.47. The Morgan fingerprint density at radius 3 is 2.29 bits per heavy atom. The molecule has 1 aliphatic rings. The topological polar surface area (TPSA) is 75.5 Å². The Balaban J connectivity index is 1.51. The maximum absolute atomic E-state index is 13.5. The van der Waals surface area contributed by atoms with Crippen LogP contribution in [0.25, 0.3) is 5.69 Å². The Morgan fingerprint density at radius 2 is 1.65 bits per heavy atom. The molecule has 0 spiro atoms. The van der Waals surface area contributed by atoms with Gasteiger partial charge in [-0.25, -0.2) is 17.5 Å². The lowest BCUT2D eigenvalue weighted by atomic mass is 10.1. The predicted octanol–water partition coefficient (Wildman–Crippen LogP) is 2.77. The second-order valence-electron chi connectivity index (χ2n) is 7.45. The molecular weight excluding hydrogens is 419 g/mol. The Labute approximate surface area is 180 Å². The Hall–Kier alpha value is -3.04. The standard InChI is InChI=1S/C22H23FN4O3S/c1-16-21(17(2)27(24-16)19-8-4-3-5-9-19)22(28)25-11-13-26(14-12-25)31(29,30)20-10-6-7-18(23)15-20/h3-10,15H,11-14H2,1-2H3. The largest absolute Gasteiger partial charge is 0.336 e. The number of carbonyl (C=O) groups is 1. The highest BCUT2D eigenvalue weighted by Gasteiger charge is 2.32. The molecule has 31 heavy (non-hydrogen) atoms. The number of aromatic nitrogens is 2. The normalized spacial score (nSPS) is 15.3. The van der Waals surface area contributed by atoms with Crippen molar-refractivity contribution >= 4 is 15.9 Å². The van der Waals surface area contributed by atoms with Crippen LogP contribution in [0.15, 0.2) is 59.5 Å². The molecule has 1 amide bonds. The first kappa shape index (κ1) is 21.2. The molecule has 2 heterocycles. The quantitative estimate of drug-likeness (QED) is 0.623. The molecular formula is C22H23FN4O3S. The highest BCUT2D eigenvalue weighted by Crippen LogP contribution is 2.22.